The van der Waals surface area contributed by atoms with E-state index in [2.05, 4.69) is 11.8 Å². The predicted molar refractivity (Wildman–Crippen MR) is 113 cm³/mol. The van der Waals surface area contributed by atoms with Gasteiger partial charge in [-0.2, -0.15) is 13.2 Å². The van der Waals surface area contributed by atoms with Crippen molar-refractivity contribution in [3.8, 4) is 0 Å². The summed E-state index contributed by atoms with van der Waals surface area (Å²) in [5.74, 6) is -0.294. The minimum absolute atomic E-state index is 0.0994. The van der Waals surface area contributed by atoms with E-state index in [1.54, 1.807) is 24.3 Å². The lowest BCUT2D eigenvalue weighted by molar-refractivity contribution is -0.137. The number of methoxy groups -OCH3 is 1. The fourth-order valence-electron chi connectivity index (χ4n) is 3.95. The Kier molecular flexibility index (Phi) is 7.59. The summed E-state index contributed by atoms with van der Waals surface area (Å²) in [6.07, 6.45) is -1.51. The van der Waals surface area contributed by atoms with Crippen molar-refractivity contribution >= 4 is 11.7 Å². The number of nitrogens with zero attached hydrogens (tertiary/aromatic N) is 1. The van der Waals surface area contributed by atoms with Crippen molar-refractivity contribution < 1.29 is 27.4 Å². The van der Waals surface area contributed by atoms with E-state index in [0.29, 0.717) is 25.3 Å². The number of halogens is 3. The van der Waals surface area contributed by atoms with Crippen LogP contribution < -0.4 is 4.90 Å². The van der Waals surface area contributed by atoms with Crippen LogP contribution in [-0.2, 0) is 15.7 Å². The standard InChI is InChI=1S/C24H28F3NO3/c1-3-4-13-31-16-22-14-19(17-5-9-20(10-6-17)24(25,26)27)15-28(22)21-11-7-18(8-12-21)23(29)30-2/h5-12,19,22H,3-4,13-16H2,1-2H3/t19?,22-/m0/s1. The van der Waals surface area contributed by atoms with E-state index >= 15 is 0 Å². The molecule has 1 unspecified atom stereocenters. The molecule has 0 amide bonds. The van der Waals surface area contributed by atoms with Crippen LogP contribution in [0.2, 0.25) is 0 Å². The van der Waals surface area contributed by atoms with Gasteiger partial charge in [0.1, 0.15) is 0 Å². The van der Waals surface area contributed by atoms with Crippen LogP contribution in [0.1, 0.15) is 53.6 Å². The Labute approximate surface area is 181 Å². The fourth-order valence-corrected chi connectivity index (χ4v) is 3.95. The zero-order chi connectivity index (χ0) is 22.4. The van der Waals surface area contributed by atoms with Crippen molar-refractivity contribution in [1.29, 1.82) is 0 Å². The van der Waals surface area contributed by atoms with E-state index in [0.717, 1.165) is 42.6 Å². The van der Waals surface area contributed by atoms with Gasteiger partial charge in [-0.25, -0.2) is 4.79 Å². The van der Waals surface area contributed by atoms with Crippen LogP contribution >= 0.6 is 0 Å². The summed E-state index contributed by atoms with van der Waals surface area (Å²) in [4.78, 5) is 13.9. The molecule has 0 aromatic heterocycles. The molecular formula is C24H28F3NO3. The van der Waals surface area contributed by atoms with Crippen molar-refractivity contribution in [2.24, 2.45) is 0 Å². The molecule has 0 saturated carbocycles. The number of unbranched alkanes of at least 4 members (excludes halogenated alkanes) is 1. The molecule has 4 nitrogen and oxygen atoms in total. The second-order valence-corrected chi connectivity index (χ2v) is 7.83. The molecule has 31 heavy (non-hydrogen) atoms. The van der Waals surface area contributed by atoms with E-state index in [9.17, 15) is 18.0 Å². The topological polar surface area (TPSA) is 38.8 Å². The first-order valence-corrected chi connectivity index (χ1v) is 10.5. The van der Waals surface area contributed by atoms with Crippen molar-refractivity contribution in [3.63, 3.8) is 0 Å². The Hall–Kier alpha value is -2.54. The van der Waals surface area contributed by atoms with Gasteiger partial charge >= 0.3 is 12.1 Å². The average molecular weight is 435 g/mol. The smallest absolute Gasteiger partial charge is 0.416 e. The normalized spacial score (nSPS) is 18.9. The summed E-state index contributed by atoms with van der Waals surface area (Å²) >= 11 is 0. The Morgan fingerprint density at radius 2 is 1.77 bits per heavy atom. The molecular weight excluding hydrogens is 407 g/mol. The molecule has 1 aliphatic rings. The summed E-state index contributed by atoms with van der Waals surface area (Å²) in [6, 6.07) is 12.8. The average Bonchev–Trinajstić information content (AvgIpc) is 3.20. The van der Waals surface area contributed by atoms with Crippen LogP contribution in [0.15, 0.2) is 48.5 Å². The molecule has 7 heteroatoms. The summed E-state index contributed by atoms with van der Waals surface area (Å²) in [7, 11) is 1.34. The maximum Gasteiger partial charge on any atom is 0.416 e. The molecule has 0 N–H and O–H groups in total. The number of benzene rings is 2. The SMILES string of the molecule is CCCCOC[C@@H]1CC(c2ccc(C(F)(F)F)cc2)CN1c1ccc(C(=O)OC)cc1. The second kappa shape index (κ2) is 10.2. The first-order chi connectivity index (χ1) is 14.8. The largest absolute Gasteiger partial charge is 0.465 e. The summed E-state index contributed by atoms with van der Waals surface area (Å²) in [6.45, 7) is 4.02. The lowest BCUT2D eigenvalue weighted by atomic mass is 9.95. The van der Waals surface area contributed by atoms with Gasteiger partial charge in [0.15, 0.2) is 0 Å². The molecule has 2 aromatic carbocycles. The van der Waals surface area contributed by atoms with Gasteiger partial charge in [-0.3, -0.25) is 0 Å². The first-order valence-electron chi connectivity index (χ1n) is 10.5. The number of hydrogen-bond donors (Lipinski definition) is 0. The van der Waals surface area contributed by atoms with Crippen LogP contribution in [-0.4, -0.2) is 38.9 Å². The third kappa shape index (κ3) is 5.79. The van der Waals surface area contributed by atoms with Crippen molar-refractivity contribution in [3.05, 3.63) is 65.2 Å². The number of hydrogen-bond acceptors (Lipinski definition) is 4. The molecule has 1 saturated heterocycles. The summed E-state index contributed by atoms with van der Waals surface area (Å²) in [5, 5.41) is 0. The van der Waals surface area contributed by atoms with Gasteiger partial charge in [-0.05, 0) is 54.8 Å². The molecule has 1 aliphatic heterocycles. The highest BCUT2D eigenvalue weighted by Crippen LogP contribution is 2.37. The molecule has 0 radical (unpaired) electrons. The number of carbonyl (C=O) groups excluding carboxylic acids is 1. The molecule has 2 atom stereocenters. The van der Waals surface area contributed by atoms with Crippen molar-refractivity contribution in [2.45, 2.75) is 44.3 Å². The minimum Gasteiger partial charge on any atom is -0.465 e. The van der Waals surface area contributed by atoms with E-state index in [1.165, 1.54) is 7.11 Å². The van der Waals surface area contributed by atoms with E-state index in [4.69, 9.17) is 9.47 Å². The molecule has 1 fully saturated rings. The molecule has 0 aliphatic carbocycles. The summed E-state index contributed by atoms with van der Waals surface area (Å²) < 4.78 is 49.3. The number of anilines is 1. The summed E-state index contributed by atoms with van der Waals surface area (Å²) in [5.41, 5.74) is 1.68. The molecule has 168 valence electrons. The highest BCUT2D eigenvalue weighted by Gasteiger charge is 2.34. The number of alkyl halides is 3. The zero-order valence-electron chi connectivity index (χ0n) is 17.8. The van der Waals surface area contributed by atoms with Crippen molar-refractivity contribution in [2.75, 3.05) is 31.8 Å². The van der Waals surface area contributed by atoms with Gasteiger partial charge < -0.3 is 14.4 Å². The Bertz CT molecular complexity index is 850. The molecule has 0 spiro atoms. The minimum atomic E-state index is -4.34. The van der Waals surface area contributed by atoms with E-state index in [1.807, 2.05) is 12.1 Å². The number of esters is 1. The zero-order valence-corrected chi connectivity index (χ0v) is 17.8. The van der Waals surface area contributed by atoms with Gasteiger partial charge in [0, 0.05) is 24.8 Å². The Balaban J connectivity index is 1.77. The fraction of sp³-hybridized carbons (Fsp3) is 0.458. The van der Waals surface area contributed by atoms with Gasteiger partial charge in [0.2, 0.25) is 0 Å². The van der Waals surface area contributed by atoms with Gasteiger partial charge in [0.25, 0.3) is 0 Å². The van der Waals surface area contributed by atoms with Gasteiger partial charge in [-0.15, -0.1) is 0 Å². The van der Waals surface area contributed by atoms with Crippen LogP contribution in [0.4, 0.5) is 18.9 Å². The third-order valence-corrected chi connectivity index (χ3v) is 5.70. The van der Waals surface area contributed by atoms with Crippen LogP contribution in [0.3, 0.4) is 0 Å². The van der Waals surface area contributed by atoms with Crippen LogP contribution in [0, 0.1) is 0 Å². The lowest BCUT2D eigenvalue weighted by Gasteiger charge is -2.27. The van der Waals surface area contributed by atoms with Crippen LogP contribution in [0.25, 0.3) is 0 Å². The lowest BCUT2D eigenvalue weighted by Crippen LogP contribution is -2.33. The van der Waals surface area contributed by atoms with Gasteiger partial charge in [-0.1, -0.05) is 25.5 Å². The Morgan fingerprint density at radius 1 is 1.10 bits per heavy atom. The number of rotatable bonds is 8. The van der Waals surface area contributed by atoms with E-state index < -0.39 is 17.7 Å². The molecule has 0 bridgehead atoms. The molecule has 2 aromatic rings. The maximum absolute atomic E-state index is 12.9. The quantitative estimate of drug-likeness (QED) is 0.396. The van der Waals surface area contributed by atoms with Gasteiger partial charge in [0.05, 0.1) is 30.9 Å². The third-order valence-electron chi connectivity index (χ3n) is 5.70. The van der Waals surface area contributed by atoms with E-state index in [-0.39, 0.29) is 12.0 Å². The molecule has 3 rings (SSSR count). The highest BCUT2D eigenvalue weighted by atomic mass is 19.4. The Morgan fingerprint density at radius 3 is 2.35 bits per heavy atom. The first kappa shape index (κ1) is 23.1. The van der Waals surface area contributed by atoms with Crippen molar-refractivity contribution in [1.82, 2.24) is 0 Å². The number of ether oxygens (including phenoxy) is 2. The monoisotopic (exact) mass is 435 g/mol. The highest BCUT2D eigenvalue weighted by molar-refractivity contribution is 5.89. The molecule has 1 heterocycles. The van der Waals surface area contributed by atoms with Crippen LogP contribution in [0.5, 0.6) is 0 Å². The second-order valence-electron chi connectivity index (χ2n) is 7.83. The number of carbonyl (C=O) groups is 1. The maximum atomic E-state index is 12.9. The predicted octanol–water partition coefficient (Wildman–Crippen LogP) is 5.67.